The van der Waals surface area contributed by atoms with E-state index in [1.54, 1.807) is 6.08 Å². The highest BCUT2D eigenvalue weighted by molar-refractivity contribution is 5.26. The molecule has 1 saturated carbocycles. The minimum absolute atomic E-state index is 0.642. The Hall–Kier alpha value is -1.11. The Bertz CT molecular complexity index is 396. The largest absolute Gasteiger partial charge is 0.216 e. The van der Waals surface area contributed by atoms with Crippen LogP contribution in [0.15, 0.2) is 36.7 Å². The fraction of sp³-hybridized carbons (Fsp3) is 0.579. The zero-order valence-electron chi connectivity index (χ0n) is 12.7. The fourth-order valence-corrected chi connectivity index (χ4v) is 3.46. The molecule has 0 spiro atoms. The molecule has 0 aliphatic heterocycles. The molecule has 0 aromatic heterocycles. The Balaban J connectivity index is 1.84. The van der Waals surface area contributed by atoms with E-state index in [0.29, 0.717) is 6.33 Å². The first kappa shape index (κ1) is 15.3. The first-order valence-corrected chi connectivity index (χ1v) is 8.17. The first-order valence-electron chi connectivity index (χ1n) is 8.17. The summed E-state index contributed by atoms with van der Waals surface area (Å²) in [5.41, 5.74) is 2.82. The van der Waals surface area contributed by atoms with Gasteiger partial charge in [-0.3, -0.25) is 0 Å². The molecule has 0 bridgehead atoms. The van der Waals surface area contributed by atoms with Gasteiger partial charge in [0, 0.05) is 0 Å². The highest BCUT2D eigenvalue weighted by Crippen LogP contribution is 2.37. The minimum Gasteiger partial charge on any atom is -0.216 e. The van der Waals surface area contributed by atoms with E-state index in [1.807, 2.05) is 0 Å². The third-order valence-corrected chi connectivity index (χ3v) is 4.68. The van der Waals surface area contributed by atoms with Crippen molar-refractivity contribution < 1.29 is 4.39 Å². The molecule has 0 heterocycles. The van der Waals surface area contributed by atoms with Gasteiger partial charge >= 0.3 is 0 Å². The fourth-order valence-electron chi connectivity index (χ4n) is 3.46. The van der Waals surface area contributed by atoms with E-state index >= 15 is 0 Å². The van der Waals surface area contributed by atoms with E-state index in [9.17, 15) is 4.39 Å². The van der Waals surface area contributed by atoms with Gasteiger partial charge in [-0.2, -0.15) is 0 Å². The molecule has 1 aliphatic rings. The van der Waals surface area contributed by atoms with Crippen molar-refractivity contribution in [1.29, 1.82) is 0 Å². The summed E-state index contributed by atoms with van der Waals surface area (Å²) in [7, 11) is 0. The quantitative estimate of drug-likeness (QED) is 0.581. The van der Waals surface area contributed by atoms with Crippen molar-refractivity contribution >= 4 is 0 Å². The standard InChI is InChI=1S/C19H27F/c1-2-5-16-7-11-18(12-8-16)19-13-9-17(10-14-19)6-3-4-15-20/h4,9-10,13-16,18H,2-3,5-8,11-12H2,1H3/t16-,18-. The number of allylic oxidation sites excluding steroid dienone is 1. The van der Waals surface area contributed by atoms with Gasteiger partial charge in [0.05, 0.1) is 6.33 Å². The van der Waals surface area contributed by atoms with E-state index < -0.39 is 0 Å². The SMILES string of the molecule is CCC[C@H]1CC[C@H](c2ccc(CCC=CF)cc2)CC1. The van der Waals surface area contributed by atoms with Crippen LogP contribution in [0, 0.1) is 5.92 Å². The van der Waals surface area contributed by atoms with Gasteiger partial charge in [-0.05, 0) is 61.5 Å². The molecule has 2 rings (SSSR count). The smallest absolute Gasteiger partial charge is 0.0827 e. The van der Waals surface area contributed by atoms with Crippen LogP contribution in [-0.2, 0) is 6.42 Å². The van der Waals surface area contributed by atoms with Crippen LogP contribution in [0.2, 0.25) is 0 Å². The normalized spacial score (nSPS) is 23.3. The van der Waals surface area contributed by atoms with Crippen LogP contribution in [0.4, 0.5) is 4.39 Å². The van der Waals surface area contributed by atoms with Gasteiger partial charge in [0.25, 0.3) is 0 Å². The molecule has 1 heteroatoms. The second-order valence-corrected chi connectivity index (χ2v) is 6.15. The maximum atomic E-state index is 11.9. The zero-order valence-corrected chi connectivity index (χ0v) is 12.7. The predicted molar refractivity (Wildman–Crippen MR) is 84.6 cm³/mol. The number of hydrogen-bond donors (Lipinski definition) is 0. The third kappa shape index (κ3) is 4.47. The number of halogens is 1. The Kier molecular flexibility index (Phi) is 6.29. The molecular formula is C19H27F. The van der Waals surface area contributed by atoms with Gasteiger partial charge in [-0.25, -0.2) is 4.39 Å². The molecule has 1 aromatic rings. The molecule has 1 fully saturated rings. The summed E-state index contributed by atoms with van der Waals surface area (Å²) in [6.07, 6.45) is 12.2. The second kappa shape index (κ2) is 8.24. The number of benzene rings is 1. The zero-order chi connectivity index (χ0) is 14.2. The van der Waals surface area contributed by atoms with Crippen LogP contribution < -0.4 is 0 Å². The number of hydrogen-bond acceptors (Lipinski definition) is 0. The van der Waals surface area contributed by atoms with E-state index in [2.05, 4.69) is 31.2 Å². The van der Waals surface area contributed by atoms with Crippen LogP contribution in [0.3, 0.4) is 0 Å². The highest BCUT2D eigenvalue weighted by atomic mass is 19.1. The van der Waals surface area contributed by atoms with E-state index in [0.717, 1.165) is 24.7 Å². The Morgan fingerprint density at radius 1 is 1.10 bits per heavy atom. The Labute approximate surface area is 123 Å². The van der Waals surface area contributed by atoms with Crippen molar-refractivity contribution in [3.63, 3.8) is 0 Å². The molecule has 20 heavy (non-hydrogen) atoms. The van der Waals surface area contributed by atoms with Gasteiger partial charge < -0.3 is 0 Å². The molecule has 0 radical (unpaired) electrons. The molecule has 0 amide bonds. The lowest BCUT2D eigenvalue weighted by molar-refractivity contribution is 0.308. The molecule has 0 N–H and O–H groups in total. The maximum absolute atomic E-state index is 11.9. The van der Waals surface area contributed by atoms with Crippen LogP contribution in [0.5, 0.6) is 0 Å². The Morgan fingerprint density at radius 3 is 2.40 bits per heavy atom. The van der Waals surface area contributed by atoms with E-state index in [4.69, 9.17) is 0 Å². The van der Waals surface area contributed by atoms with Gasteiger partial charge in [-0.1, -0.05) is 50.1 Å². The van der Waals surface area contributed by atoms with Crippen molar-refractivity contribution in [2.24, 2.45) is 5.92 Å². The average molecular weight is 274 g/mol. The molecule has 0 unspecified atom stereocenters. The lowest BCUT2D eigenvalue weighted by Crippen LogP contribution is -2.13. The van der Waals surface area contributed by atoms with Crippen molar-refractivity contribution in [3.05, 3.63) is 47.8 Å². The topological polar surface area (TPSA) is 0 Å². The monoisotopic (exact) mass is 274 g/mol. The molecule has 1 aliphatic carbocycles. The first-order chi connectivity index (χ1) is 9.83. The molecule has 110 valence electrons. The van der Waals surface area contributed by atoms with Crippen LogP contribution in [-0.4, -0.2) is 0 Å². The summed E-state index contributed by atoms with van der Waals surface area (Å²) in [6, 6.07) is 9.03. The van der Waals surface area contributed by atoms with Gasteiger partial charge in [-0.15, -0.1) is 0 Å². The van der Waals surface area contributed by atoms with Gasteiger partial charge in [0.15, 0.2) is 0 Å². The molecule has 0 saturated heterocycles. The maximum Gasteiger partial charge on any atom is 0.0827 e. The summed E-state index contributed by atoms with van der Waals surface area (Å²) in [5.74, 6) is 1.74. The summed E-state index contributed by atoms with van der Waals surface area (Å²) in [5, 5.41) is 0. The second-order valence-electron chi connectivity index (χ2n) is 6.15. The van der Waals surface area contributed by atoms with E-state index in [-0.39, 0.29) is 0 Å². The van der Waals surface area contributed by atoms with Crippen molar-refractivity contribution in [2.45, 2.75) is 64.2 Å². The van der Waals surface area contributed by atoms with Crippen LogP contribution in [0.25, 0.3) is 0 Å². The highest BCUT2D eigenvalue weighted by Gasteiger charge is 2.21. The Morgan fingerprint density at radius 2 is 1.80 bits per heavy atom. The summed E-state index contributed by atoms with van der Waals surface area (Å²) in [6.45, 7) is 2.29. The van der Waals surface area contributed by atoms with Gasteiger partial charge in [0.1, 0.15) is 0 Å². The number of aryl methyl sites for hydroxylation is 1. The molecule has 1 aromatic carbocycles. The third-order valence-electron chi connectivity index (χ3n) is 4.68. The van der Waals surface area contributed by atoms with Crippen LogP contribution >= 0.6 is 0 Å². The van der Waals surface area contributed by atoms with Crippen molar-refractivity contribution in [3.8, 4) is 0 Å². The van der Waals surface area contributed by atoms with Gasteiger partial charge in [0.2, 0.25) is 0 Å². The van der Waals surface area contributed by atoms with Crippen molar-refractivity contribution in [1.82, 2.24) is 0 Å². The summed E-state index contributed by atoms with van der Waals surface area (Å²) >= 11 is 0. The van der Waals surface area contributed by atoms with Crippen LogP contribution in [0.1, 0.15) is 68.9 Å². The molecular weight excluding hydrogens is 247 g/mol. The lowest BCUT2D eigenvalue weighted by atomic mass is 9.77. The van der Waals surface area contributed by atoms with E-state index in [1.165, 1.54) is 49.7 Å². The predicted octanol–water partition coefficient (Wildman–Crippen LogP) is 6.18. The molecule has 0 nitrogen and oxygen atoms in total. The number of rotatable bonds is 6. The average Bonchev–Trinajstić information content (AvgIpc) is 2.49. The van der Waals surface area contributed by atoms with Crippen molar-refractivity contribution in [2.75, 3.05) is 0 Å². The minimum atomic E-state index is 0.642. The summed E-state index contributed by atoms with van der Waals surface area (Å²) in [4.78, 5) is 0. The molecule has 0 atom stereocenters. The lowest BCUT2D eigenvalue weighted by Gasteiger charge is -2.28. The summed E-state index contributed by atoms with van der Waals surface area (Å²) < 4.78 is 11.9.